The molecule has 1 heterocycles. The molecule has 25 heavy (non-hydrogen) atoms. The summed E-state index contributed by atoms with van der Waals surface area (Å²) in [4.78, 5) is 0. The Hall–Kier alpha value is -2.47. The topological polar surface area (TPSA) is 29.9 Å². The summed E-state index contributed by atoms with van der Waals surface area (Å²) in [6.07, 6.45) is -0.799. The first-order valence-corrected chi connectivity index (χ1v) is 7.95. The zero-order chi connectivity index (χ0) is 17.9. The number of alkyl halides is 3. The molecule has 3 aromatic rings. The summed E-state index contributed by atoms with van der Waals surface area (Å²) >= 11 is 5.93. The molecule has 0 aliphatic rings. The molecule has 1 N–H and O–H groups in total. The maximum absolute atomic E-state index is 12.6. The van der Waals surface area contributed by atoms with Crippen LogP contribution in [0.15, 0.2) is 60.9 Å². The third kappa shape index (κ3) is 4.54. The SMILES string of the molecule is FC(F)(F)c1ccc(NCc2cnn(Cc3ccccc3)c2)c(Cl)c1. The second-order valence-electron chi connectivity index (χ2n) is 5.58. The van der Waals surface area contributed by atoms with Crippen molar-refractivity contribution in [3.05, 3.63) is 82.6 Å². The van der Waals surface area contributed by atoms with Gasteiger partial charge in [-0.05, 0) is 23.8 Å². The number of nitrogens with zero attached hydrogens (tertiary/aromatic N) is 2. The lowest BCUT2D eigenvalue weighted by molar-refractivity contribution is -0.137. The van der Waals surface area contributed by atoms with Gasteiger partial charge in [-0.25, -0.2) is 0 Å². The van der Waals surface area contributed by atoms with Crippen molar-refractivity contribution in [3.63, 3.8) is 0 Å². The highest BCUT2D eigenvalue weighted by atomic mass is 35.5. The Morgan fingerprint density at radius 2 is 1.80 bits per heavy atom. The molecule has 0 atom stereocenters. The molecule has 0 unspecified atom stereocenters. The van der Waals surface area contributed by atoms with Gasteiger partial charge in [0.15, 0.2) is 0 Å². The fourth-order valence-electron chi connectivity index (χ4n) is 2.39. The van der Waals surface area contributed by atoms with Gasteiger partial charge in [-0.1, -0.05) is 41.9 Å². The Morgan fingerprint density at radius 3 is 2.48 bits per heavy atom. The molecule has 0 saturated carbocycles. The van der Waals surface area contributed by atoms with Gasteiger partial charge in [0.1, 0.15) is 0 Å². The van der Waals surface area contributed by atoms with Gasteiger partial charge in [0, 0.05) is 18.3 Å². The van der Waals surface area contributed by atoms with Gasteiger partial charge in [0.05, 0.1) is 29.0 Å². The zero-order valence-corrected chi connectivity index (χ0v) is 13.8. The molecule has 0 aliphatic carbocycles. The van der Waals surface area contributed by atoms with Crippen LogP contribution in [-0.2, 0) is 19.3 Å². The van der Waals surface area contributed by atoms with Gasteiger partial charge < -0.3 is 5.32 Å². The second-order valence-corrected chi connectivity index (χ2v) is 5.98. The summed E-state index contributed by atoms with van der Waals surface area (Å²) in [5.74, 6) is 0. The summed E-state index contributed by atoms with van der Waals surface area (Å²) in [5, 5.41) is 7.35. The molecule has 0 amide bonds. The molecule has 7 heteroatoms. The van der Waals surface area contributed by atoms with E-state index < -0.39 is 11.7 Å². The average molecular weight is 366 g/mol. The number of hydrogen-bond acceptors (Lipinski definition) is 2. The molecule has 0 bridgehead atoms. The van der Waals surface area contributed by atoms with E-state index in [0.29, 0.717) is 18.8 Å². The molecule has 130 valence electrons. The lowest BCUT2D eigenvalue weighted by Gasteiger charge is -2.11. The van der Waals surface area contributed by atoms with Gasteiger partial charge in [-0.2, -0.15) is 18.3 Å². The summed E-state index contributed by atoms with van der Waals surface area (Å²) in [6.45, 7) is 1.07. The number of anilines is 1. The van der Waals surface area contributed by atoms with Crippen LogP contribution in [0.2, 0.25) is 5.02 Å². The Balaban J connectivity index is 1.63. The highest BCUT2D eigenvalue weighted by molar-refractivity contribution is 6.33. The van der Waals surface area contributed by atoms with E-state index in [-0.39, 0.29) is 5.02 Å². The van der Waals surface area contributed by atoms with Crippen molar-refractivity contribution in [2.24, 2.45) is 0 Å². The average Bonchev–Trinajstić information content (AvgIpc) is 3.01. The molecule has 3 nitrogen and oxygen atoms in total. The maximum atomic E-state index is 12.6. The van der Waals surface area contributed by atoms with E-state index in [1.807, 2.05) is 36.5 Å². The summed E-state index contributed by atoms with van der Waals surface area (Å²) in [6, 6.07) is 13.2. The fourth-order valence-corrected chi connectivity index (χ4v) is 2.63. The van der Waals surface area contributed by atoms with Gasteiger partial charge in [0.25, 0.3) is 0 Å². The molecule has 2 aromatic carbocycles. The van der Waals surface area contributed by atoms with Gasteiger partial charge in [0.2, 0.25) is 0 Å². The molecular weight excluding hydrogens is 351 g/mol. The minimum absolute atomic E-state index is 0.0338. The van der Waals surface area contributed by atoms with Crippen LogP contribution in [0, 0.1) is 0 Å². The predicted molar refractivity (Wildman–Crippen MR) is 91.6 cm³/mol. The number of rotatable bonds is 5. The molecule has 1 aromatic heterocycles. The number of hydrogen-bond donors (Lipinski definition) is 1. The maximum Gasteiger partial charge on any atom is 0.416 e. The Kier molecular flexibility index (Phi) is 4.99. The minimum atomic E-state index is -4.40. The summed E-state index contributed by atoms with van der Waals surface area (Å²) in [7, 11) is 0. The number of nitrogens with one attached hydrogen (secondary N) is 1. The number of benzene rings is 2. The Morgan fingerprint density at radius 1 is 1.04 bits per heavy atom. The lowest BCUT2D eigenvalue weighted by Crippen LogP contribution is -2.06. The minimum Gasteiger partial charge on any atom is -0.380 e. The lowest BCUT2D eigenvalue weighted by atomic mass is 10.2. The Labute approximate surface area is 148 Å². The first-order valence-electron chi connectivity index (χ1n) is 7.58. The smallest absolute Gasteiger partial charge is 0.380 e. The van der Waals surface area contributed by atoms with Gasteiger partial charge >= 0.3 is 6.18 Å². The number of aromatic nitrogens is 2. The molecular formula is C18H15ClF3N3. The van der Waals surface area contributed by atoms with Crippen molar-refractivity contribution in [2.75, 3.05) is 5.32 Å². The standard InChI is InChI=1S/C18H15ClF3N3/c19-16-8-15(18(20,21)22)6-7-17(16)23-9-14-10-24-25(12-14)11-13-4-2-1-3-5-13/h1-8,10,12,23H,9,11H2. The van der Waals surface area contributed by atoms with E-state index in [0.717, 1.165) is 23.3 Å². The molecule has 0 fully saturated rings. The van der Waals surface area contributed by atoms with Crippen molar-refractivity contribution in [3.8, 4) is 0 Å². The van der Waals surface area contributed by atoms with Crippen molar-refractivity contribution in [1.29, 1.82) is 0 Å². The van der Waals surface area contributed by atoms with Gasteiger partial charge in [-0.15, -0.1) is 0 Å². The normalized spacial score (nSPS) is 11.5. The molecule has 3 rings (SSSR count). The van der Waals surface area contributed by atoms with Crippen LogP contribution in [0.3, 0.4) is 0 Å². The highest BCUT2D eigenvalue weighted by Gasteiger charge is 2.30. The van der Waals surface area contributed by atoms with E-state index in [2.05, 4.69) is 10.4 Å². The van der Waals surface area contributed by atoms with Gasteiger partial charge in [-0.3, -0.25) is 4.68 Å². The zero-order valence-electron chi connectivity index (χ0n) is 13.1. The van der Waals surface area contributed by atoms with Crippen LogP contribution in [0.1, 0.15) is 16.7 Å². The molecule has 0 aliphatic heterocycles. The van der Waals surface area contributed by atoms with Crippen LogP contribution in [-0.4, -0.2) is 9.78 Å². The third-order valence-electron chi connectivity index (χ3n) is 3.65. The largest absolute Gasteiger partial charge is 0.416 e. The second kappa shape index (κ2) is 7.19. The number of halogens is 4. The van der Waals surface area contributed by atoms with E-state index in [1.54, 1.807) is 10.9 Å². The van der Waals surface area contributed by atoms with E-state index in [9.17, 15) is 13.2 Å². The quantitative estimate of drug-likeness (QED) is 0.672. The van der Waals surface area contributed by atoms with Crippen molar-refractivity contribution >= 4 is 17.3 Å². The van der Waals surface area contributed by atoms with E-state index in [1.165, 1.54) is 6.07 Å². The van der Waals surface area contributed by atoms with Crippen molar-refractivity contribution < 1.29 is 13.2 Å². The highest BCUT2D eigenvalue weighted by Crippen LogP contribution is 2.33. The Bertz CT molecular complexity index is 844. The third-order valence-corrected chi connectivity index (χ3v) is 3.97. The fraction of sp³-hybridized carbons (Fsp3) is 0.167. The van der Waals surface area contributed by atoms with Crippen molar-refractivity contribution in [2.45, 2.75) is 19.3 Å². The first-order chi connectivity index (χ1) is 11.9. The van der Waals surface area contributed by atoms with Crippen LogP contribution >= 0.6 is 11.6 Å². The van der Waals surface area contributed by atoms with Crippen LogP contribution in [0.4, 0.5) is 18.9 Å². The van der Waals surface area contributed by atoms with Crippen LogP contribution < -0.4 is 5.32 Å². The van der Waals surface area contributed by atoms with E-state index >= 15 is 0 Å². The molecule has 0 spiro atoms. The van der Waals surface area contributed by atoms with E-state index in [4.69, 9.17) is 11.6 Å². The summed E-state index contributed by atoms with van der Waals surface area (Å²) in [5.41, 5.74) is 1.73. The predicted octanol–water partition coefficient (Wildman–Crippen LogP) is 5.22. The van der Waals surface area contributed by atoms with Crippen molar-refractivity contribution in [1.82, 2.24) is 9.78 Å². The summed E-state index contributed by atoms with van der Waals surface area (Å²) < 4.78 is 39.7. The van der Waals surface area contributed by atoms with Crippen LogP contribution in [0.5, 0.6) is 0 Å². The monoisotopic (exact) mass is 365 g/mol. The molecule has 0 saturated heterocycles. The first kappa shape index (κ1) is 17.4. The van der Waals surface area contributed by atoms with Crippen LogP contribution in [0.25, 0.3) is 0 Å². The molecule has 0 radical (unpaired) electrons.